The molecule has 2 rings (SSSR count). The van der Waals surface area contributed by atoms with Crippen LogP contribution in [-0.4, -0.2) is 17.9 Å². The molecular weight excluding hydrogens is 186 g/mol. The number of ketones is 1. The summed E-state index contributed by atoms with van der Waals surface area (Å²) in [7, 11) is 0. The summed E-state index contributed by atoms with van der Waals surface area (Å²) in [6.45, 7) is 4.02. The molecule has 1 heterocycles. The zero-order valence-electron chi connectivity index (χ0n) is 9.96. The van der Waals surface area contributed by atoms with Gasteiger partial charge < -0.3 is 5.32 Å². The van der Waals surface area contributed by atoms with Gasteiger partial charge in [0.2, 0.25) is 0 Å². The predicted octanol–water partition coefficient (Wildman–Crippen LogP) is 2.52. The SMILES string of the molecule is CC(C)C(=O)C1CCC2CCCCC2N1. The van der Waals surface area contributed by atoms with Gasteiger partial charge in [0.15, 0.2) is 5.78 Å². The Morgan fingerprint density at radius 3 is 2.60 bits per heavy atom. The smallest absolute Gasteiger partial charge is 0.152 e. The molecule has 3 unspecified atom stereocenters. The van der Waals surface area contributed by atoms with Gasteiger partial charge in [0.05, 0.1) is 6.04 Å². The second-order valence-corrected chi connectivity index (χ2v) is 5.50. The van der Waals surface area contributed by atoms with E-state index < -0.39 is 0 Å². The summed E-state index contributed by atoms with van der Waals surface area (Å²) in [5, 5.41) is 3.59. The van der Waals surface area contributed by atoms with E-state index in [0.29, 0.717) is 11.8 Å². The van der Waals surface area contributed by atoms with Crippen molar-refractivity contribution in [2.75, 3.05) is 0 Å². The highest BCUT2D eigenvalue weighted by molar-refractivity contribution is 5.85. The number of nitrogens with one attached hydrogen (secondary N) is 1. The average molecular weight is 209 g/mol. The molecule has 15 heavy (non-hydrogen) atoms. The number of hydrogen-bond acceptors (Lipinski definition) is 2. The van der Waals surface area contributed by atoms with Gasteiger partial charge in [-0.15, -0.1) is 0 Å². The second kappa shape index (κ2) is 4.65. The van der Waals surface area contributed by atoms with E-state index in [0.717, 1.165) is 12.3 Å². The van der Waals surface area contributed by atoms with Crippen LogP contribution in [0.4, 0.5) is 0 Å². The van der Waals surface area contributed by atoms with Gasteiger partial charge in [-0.25, -0.2) is 0 Å². The van der Waals surface area contributed by atoms with Crippen molar-refractivity contribution in [2.45, 2.75) is 64.5 Å². The van der Waals surface area contributed by atoms with E-state index in [1.807, 2.05) is 13.8 Å². The highest BCUT2D eigenvalue weighted by atomic mass is 16.1. The van der Waals surface area contributed by atoms with E-state index in [9.17, 15) is 4.79 Å². The van der Waals surface area contributed by atoms with Crippen LogP contribution >= 0.6 is 0 Å². The first-order chi connectivity index (χ1) is 7.18. The van der Waals surface area contributed by atoms with Crippen LogP contribution in [0.1, 0.15) is 52.4 Å². The summed E-state index contributed by atoms with van der Waals surface area (Å²) in [6, 6.07) is 0.796. The van der Waals surface area contributed by atoms with E-state index in [4.69, 9.17) is 0 Å². The molecule has 1 aliphatic heterocycles. The van der Waals surface area contributed by atoms with Crippen molar-refractivity contribution in [3.05, 3.63) is 0 Å². The quantitative estimate of drug-likeness (QED) is 0.757. The van der Waals surface area contributed by atoms with Crippen molar-refractivity contribution in [1.82, 2.24) is 5.32 Å². The molecule has 0 aromatic rings. The summed E-state index contributed by atoms with van der Waals surface area (Å²) in [5.41, 5.74) is 0. The highest BCUT2D eigenvalue weighted by Gasteiger charge is 2.34. The minimum absolute atomic E-state index is 0.157. The van der Waals surface area contributed by atoms with Crippen LogP contribution in [0.25, 0.3) is 0 Å². The molecule has 0 bridgehead atoms. The van der Waals surface area contributed by atoms with E-state index in [2.05, 4.69) is 5.32 Å². The van der Waals surface area contributed by atoms with Crippen molar-refractivity contribution in [1.29, 1.82) is 0 Å². The molecule has 1 N–H and O–H groups in total. The molecule has 2 fully saturated rings. The normalized spacial score (nSPS) is 36.3. The predicted molar refractivity (Wildman–Crippen MR) is 61.7 cm³/mol. The number of rotatable bonds is 2. The zero-order chi connectivity index (χ0) is 10.8. The number of piperidine rings is 1. The standard InChI is InChI=1S/C13H23NO/c1-9(2)13(15)12-8-7-10-5-3-4-6-11(10)14-12/h9-12,14H,3-8H2,1-2H3. The lowest BCUT2D eigenvalue weighted by molar-refractivity contribution is -0.125. The lowest BCUT2D eigenvalue weighted by Crippen LogP contribution is -2.52. The van der Waals surface area contributed by atoms with Gasteiger partial charge in [-0.3, -0.25) is 4.79 Å². The van der Waals surface area contributed by atoms with Crippen LogP contribution in [0.3, 0.4) is 0 Å². The molecule has 3 atom stereocenters. The van der Waals surface area contributed by atoms with E-state index in [1.165, 1.54) is 32.1 Å². The maximum absolute atomic E-state index is 11.9. The van der Waals surface area contributed by atoms with Gasteiger partial charge in [0.1, 0.15) is 0 Å². The fraction of sp³-hybridized carbons (Fsp3) is 0.923. The third-order valence-corrected chi connectivity index (χ3v) is 4.06. The van der Waals surface area contributed by atoms with Crippen LogP contribution < -0.4 is 5.32 Å². The van der Waals surface area contributed by atoms with Gasteiger partial charge >= 0.3 is 0 Å². The van der Waals surface area contributed by atoms with Crippen LogP contribution in [-0.2, 0) is 4.79 Å². The summed E-state index contributed by atoms with van der Waals surface area (Å²) in [5.74, 6) is 1.46. The third kappa shape index (κ3) is 2.41. The largest absolute Gasteiger partial charge is 0.304 e. The second-order valence-electron chi connectivity index (χ2n) is 5.50. The Bertz CT molecular complexity index is 237. The number of Topliss-reactive ketones (excluding diaryl/α,β-unsaturated/α-hetero) is 1. The number of carbonyl (C=O) groups excluding carboxylic acids is 1. The highest BCUT2D eigenvalue weighted by Crippen LogP contribution is 2.32. The Morgan fingerprint density at radius 2 is 1.87 bits per heavy atom. The van der Waals surface area contributed by atoms with Crippen LogP contribution in [0.5, 0.6) is 0 Å². The summed E-state index contributed by atoms with van der Waals surface area (Å²) in [6.07, 6.45) is 7.73. The number of fused-ring (bicyclic) bond motifs is 1. The topological polar surface area (TPSA) is 29.1 Å². The van der Waals surface area contributed by atoms with E-state index in [1.54, 1.807) is 0 Å². The van der Waals surface area contributed by atoms with Crippen molar-refractivity contribution >= 4 is 5.78 Å². The van der Waals surface area contributed by atoms with Crippen LogP contribution in [0.15, 0.2) is 0 Å². The molecule has 2 aliphatic rings. The summed E-state index contributed by atoms with van der Waals surface area (Å²) < 4.78 is 0. The van der Waals surface area contributed by atoms with Gasteiger partial charge in [0, 0.05) is 12.0 Å². The molecule has 1 aliphatic carbocycles. The molecule has 0 aromatic carbocycles. The van der Waals surface area contributed by atoms with Gasteiger partial charge in [-0.2, -0.15) is 0 Å². The molecular formula is C13H23NO. The van der Waals surface area contributed by atoms with Crippen molar-refractivity contribution in [2.24, 2.45) is 11.8 Å². The van der Waals surface area contributed by atoms with Crippen LogP contribution in [0.2, 0.25) is 0 Å². The van der Waals surface area contributed by atoms with Gasteiger partial charge in [-0.05, 0) is 31.6 Å². The number of hydrogen-bond donors (Lipinski definition) is 1. The molecule has 2 nitrogen and oxygen atoms in total. The molecule has 0 radical (unpaired) electrons. The van der Waals surface area contributed by atoms with E-state index in [-0.39, 0.29) is 12.0 Å². The zero-order valence-corrected chi connectivity index (χ0v) is 9.96. The molecule has 2 heteroatoms. The maximum atomic E-state index is 11.9. The molecule has 0 aromatic heterocycles. The average Bonchev–Trinajstić information content (AvgIpc) is 2.27. The maximum Gasteiger partial charge on any atom is 0.152 e. The Hall–Kier alpha value is -0.370. The fourth-order valence-electron chi connectivity index (χ4n) is 3.12. The molecule has 1 saturated heterocycles. The molecule has 1 saturated carbocycles. The molecule has 86 valence electrons. The summed E-state index contributed by atoms with van der Waals surface area (Å²) >= 11 is 0. The first-order valence-electron chi connectivity index (χ1n) is 6.48. The minimum Gasteiger partial charge on any atom is -0.304 e. The lowest BCUT2D eigenvalue weighted by Gasteiger charge is -2.40. The fourth-order valence-corrected chi connectivity index (χ4v) is 3.12. The molecule has 0 amide bonds. The number of carbonyl (C=O) groups is 1. The third-order valence-electron chi connectivity index (χ3n) is 4.06. The summed E-state index contributed by atoms with van der Waals surface area (Å²) in [4.78, 5) is 11.9. The van der Waals surface area contributed by atoms with Crippen molar-refractivity contribution < 1.29 is 4.79 Å². The Labute approximate surface area is 92.8 Å². The van der Waals surface area contributed by atoms with Crippen LogP contribution in [0, 0.1) is 11.8 Å². The van der Waals surface area contributed by atoms with Crippen molar-refractivity contribution in [3.63, 3.8) is 0 Å². The van der Waals surface area contributed by atoms with Crippen molar-refractivity contribution in [3.8, 4) is 0 Å². The van der Waals surface area contributed by atoms with Gasteiger partial charge in [-0.1, -0.05) is 26.7 Å². The lowest BCUT2D eigenvalue weighted by atomic mass is 9.76. The first-order valence-corrected chi connectivity index (χ1v) is 6.48. The Morgan fingerprint density at radius 1 is 1.13 bits per heavy atom. The van der Waals surface area contributed by atoms with E-state index >= 15 is 0 Å². The first kappa shape index (κ1) is 11.1. The Balaban J connectivity index is 1.93. The van der Waals surface area contributed by atoms with Gasteiger partial charge in [0.25, 0.3) is 0 Å². The Kier molecular flexibility index (Phi) is 3.45. The monoisotopic (exact) mass is 209 g/mol. The minimum atomic E-state index is 0.157. The molecule has 0 spiro atoms.